The van der Waals surface area contributed by atoms with Crippen molar-refractivity contribution >= 4 is 0 Å². The van der Waals surface area contributed by atoms with E-state index in [1.165, 1.54) is 44.9 Å². The van der Waals surface area contributed by atoms with E-state index in [4.69, 9.17) is 0 Å². The Morgan fingerprint density at radius 1 is 1.15 bits per heavy atom. The summed E-state index contributed by atoms with van der Waals surface area (Å²) in [6.45, 7) is 6.56. The van der Waals surface area contributed by atoms with E-state index >= 15 is 0 Å². The molecule has 0 radical (unpaired) electrons. The number of nitrogens with zero attached hydrogens (tertiary/aromatic N) is 1. The summed E-state index contributed by atoms with van der Waals surface area (Å²) >= 11 is 0. The van der Waals surface area contributed by atoms with E-state index in [1.807, 2.05) is 0 Å². The Morgan fingerprint density at radius 3 is 2.65 bits per heavy atom. The summed E-state index contributed by atoms with van der Waals surface area (Å²) in [5.74, 6) is 0. The minimum absolute atomic E-state index is 0.262. The van der Waals surface area contributed by atoms with E-state index in [1.54, 1.807) is 0 Å². The maximum Gasteiger partial charge on any atom is 0.166 e. The Labute approximate surface area is 125 Å². The number of quaternary nitrogens is 1. The SMILES string of the molecule is CCC/C=C/CCCCCC1NC=C[N+]1(CC)CCO. The van der Waals surface area contributed by atoms with Crippen LogP contribution in [0.15, 0.2) is 24.6 Å². The molecular weight excluding hydrogens is 248 g/mol. The van der Waals surface area contributed by atoms with E-state index in [9.17, 15) is 5.11 Å². The summed E-state index contributed by atoms with van der Waals surface area (Å²) in [5.41, 5.74) is 0. The fraction of sp³-hybridized carbons (Fsp3) is 0.765. The molecule has 0 amide bonds. The fourth-order valence-corrected chi connectivity index (χ4v) is 2.97. The van der Waals surface area contributed by atoms with Crippen LogP contribution in [0.3, 0.4) is 0 Å². The van der Waals surface area contributed by atoms with Crippen molar-refractivity contribution < 1.29 is 9.59 Å². The number of unbranched alkanes of at least 4 members (excludes halogenated alkanes) is 4. The molecule has 116 valence electrons. The van der Waals surface area contributed by atoms with Gasteiger partial charge in [0.25, 0.3) is 0 Å². The van der Waals surface area contributed by atoms with Crippen molar-refractivity contribution in [1.29, 1.82) is 0 Å². The maximum atomic E-state index is 9.27. The zero-order chi connectivity index (χ0) is 14.7. The van der Waals surface area contributed by atoms with Crippen LogP contribution < -0.4 is 5.32 Å². The maximum absolute atomic E-state index is 9.27. The molecule has 0 aliphatic carbocycles. The van der Waals surface area contributed by atoms with Crippen molar-refractivity contribution in [2.75, 3.05) is 19.7 Å². The van der Waals surface area contributed by atoms with Gasteiger partial charge in [0.05, 0.1) is 19.4 Å². The molecule has 0 aromatic rings. The second-order valence-corrected chi connectivity index (χ2v) is 5.76. The largest absolute Gasteiger partial charge is 0.390 e. The third-order valence-corrected chi connectivity index (χ3v) is 4.36. The van der Waals surface area contributed by atoms with Crippen LogP contribution in [0.2, 0.25) is 0 Å². The molecular formula is C17H33N2O+. The molecule has 1 aliphatic heterocycles. The lowest BCUT2D eigenvalue weighted by molar-refractivity contribution is -0.900. The topological polar surface area (TPSA) is 32.3 Å². The first-order valence-electron chi connectivity index (χ1n) is 8.35. The van der Waals surface area contributed by atoms with Crippen LogP contribution in [0, 0.1) is 0 Å². The number of rotatable bonds is 11. The van der Waals surface area contributed by atoms with Crippen LogP contribution in [-0.4, -0.2) is 35.5 Å². The minimum Gasteiger partial charge on any atom is -0.390 e. The summed E-state index contributed by atoms with van der Waals surface area (Å²) in [7, 11) is 0. The van der Waals surface area contributed by atoms with Crippen LogP contribution in [-0.2, 0) is 0 Å². The predicted octanol–water partition coefficient (Wildman–Crippen LogP) is 3.52. The fourth-order valence-electron chi connectivity index (χ4n) is 2.97. The zero-order valence-corrected chi connectivity index (χ0v) is 13.4. The van der Waals surface area contributed by atoms with E-state index < -0.39 is 0 Å². The number of hydrogen-bond donors (Lipinski definition) is 2. The van der Waals surface area contributed by atoms with Crippen LogP contribution in [0.25, 0.3) is 0 Å². The average Bonchev–Trinajstić information content (AvgIpc) is 2.86. The highest BCUT2D eigenvalue weighted by molar-refractivity contribution is 4.84. The van der Waals surface area contributed by atoms with Gasteiger partial charge in [-0.2, -0.15) is 0 Å². The molecule has 2 atom stereocenters. The lowest BCUT2D eigenvalue weighted by Crippen LogP contribution is -2.54. The first kappa shape index (κ1) is 17.3. The van der Waals surface area contributed by atoms with E-state index in [-0.39, 0.29) is 6.61 Å². The Balaban J connectivity index is 2.18. The summed E-state index contributed by atoms with van der Waals surface area (Å²) in [6, 6.07) is 0. The van der Waals surface area contributed by atoms with E-state index in [2.05, 4.69) is 43.7 Å². The lowest BCUT2D eigenvalue weighted by atomic mass is 10.1. The second kappa shape index (κ2) is 10.0. The van der Waals surface area contributed by atoms with Crippen LogP contribution in [0.1, 0.15) is 58.8 Å². The number of hydrogen-bond acceptors (Lipinski definition) is 2. The van der Waals surface area contributed by atoms with Gasteiger partial charge in [0.15, 0.2) is 6.17 Å². The highest BCUT2D eigenvalue weighted by Gasteiger charge is 2.35. The average molecular weight is 281 g/mol. The van der Waals surface area contributed by atoms with Gasteiger partial charge in [-0.3, -0.25) is 4.48 Å². The van der Waals surface area contributed by atoms with Gasteiger partial charge in [-0.05, 0) is 32.6 Å². The summed E-state index contributed by atoms with van der Waals surface area (Å²) in [6.07, 6.45) is 18.1. The van der Waals surface area contributed by atoms with Gasteiger partial charge < -0.3 is 10.4 Å². The zero-order valence-electron chi connectivity index (χ0n) is 13.4. The Morgan fingerprint density at radius 2 is 1.95 bits per heavy atom. The van der Waals surface area contributed by atoms with Gasteiger partial charge in [-0.15, -0.1) is 0 Å². The van der Waals surface area contributed by atoms with Gasteiger partial charge in [-0.1, -0.05) is 31.9 Å². The molecule has 0 fully saturated rings. The van der Waals surface area contributed by atoms with Gasteiger partial charge >= 0.3 is 0 Å². The molecule has 20 heavy (non-hydrogen) atoms. The summed E-state index contributed by atoms with van der Waals surface area (Å²) in [5, 5.41) is 12.7. The number of nitrogens with one attached hydrogen (secondary N) is 1. The first-order chi connectivity index (χ1) is 9.79. The second-order valence-electron chi connectivity index (χ2n) is 5.76. The van der Waals surface area contributed by atoms with Gasteiger partial charge in [-0.25, -0.2) is 0 Å². The number of likely N-dealkylation sites (N-methyl/N-ethyl adjacent to an activating group) is 1. The van der Waals surface area contributed by atoms with Crippen molar-refractivity contribution in [3.63, 3.8) is 0 Å². The normalized spacial score (nSPS) is 25.4. The van der Waals surface area contributed by atoms with E-state index in [0.29, 0.717) is 6.17 Å². The third kappa shape index (κ3) is 5.29. The Bertz CT molecular complexity index is 301. The third-order valence-electron chi connectivity index (χ3n) is 4.36. The number of aliphatic hydroxyl groups excluding tert-OH is 1. The number of allylic oxidation sites excluding steroid dienone is 2. The molecule has 2 unspecified atom stereocenters. The van der Waals surface area contributed by atoms with Crippen molar-refractivity contribution in [2.24, 2.45) is 0 Å². The smallest absolute Gasteiger partial charge is 0.166 e. The summed E-state index contributed by atoms with van der Waals surface area (Å²) < 4.78 is 0.896. The van der Waals surface area contributed by atoms with Crippen LogP contribution >= 0.6 is 0 Å². The molecule has 0 aromatic heterocycles. The first-order valence-corrected chi connectivity index (χ1v) is 8.35. The molecule has 1 aliphatic rings. The van der Waals surface area contributed by atoms with Gasteiger partial charge in [0.2, 0.25) is 0 Å². The molecule has 0 spiro atoms. The highest BCUT2D eigenvalue weighted by Crippen LogP contribution is 2.22. The van der Waals surface area contributed by atoms with Crippen LogP contribution in [0.4, 0.5) is 0 Å². The molecule has 2 N–H and O–H groups in total. The molecule has 0 saturated carbocycles. The molecule has 1 rings (SSSR count). The monoisotopic (exact) mass is 281 g/mol. The molecule has 3 nitrogen and oxygen atoms in total. The summed E-state index contributed by atoms with van der Waals surface area (Å²) in [4.78, 5) is 0. The molecule has 3 heteroatoms. The molecule has 0 saturated heterocycles. The molecule has 1 heterocycles. The Hall–Kier alpha value is -0.800. The lowest BCUT2D eigenvalue weighted by Gasteiger charge is -2.36. The molecule has 0 aromatic carbocycles. The van der Waals surface area contributed by atoms with Gasteiger partial charge in [0.1, 0.15) is 12.7 Å². The van der Waals surface area contributed by atoms with Crippen molar-refractivity contribution in [1.82, 2.24) is 5.32 Å². The molecule has 0 bridgehead atoms. The van der Waals surface area contributed by atoms with Crippen molar-refractivity contribution in [3.05, 3.63) is 24.6 Å². The van der Waals surface area contributed by atoms with Gasteiger partial charge in [0, 0.05) is 6.42 Å². The standard InChI is InChI=1S/C17H33N2O/c1-3-5-6-7-8-9-10-11-12-17-18-13-14-19(17,4-2)15-16-20/h6-7,13-14,17-18,20H,3-5,8-12,15-16H2,1-2H3/q+1/b7-6+. The highest BCUT2D eigenvalue weighted by atomic mass is 16.3. The van der Waals surface area contributed by atoms with E-state index in [0.717, 1.165) is 17.6 Å². The Kier molecular flexibility index (Phi) is 8.63. The van der Waals surface area contributed by atoms with Crippen molar-refractivity contribution in [3.8, 4) is 0 Å². The van der Waals surface area contributed by atoms with Crippen LogP contribution in [0.5, 0.6) is 0 Å². The number of aliphatic hydroxyl groups is 1. The quantitative estimate of drug-likeness (QED) is 0.345. The predicted molar refractivity (Wildman–Crippen MR) is 86.0 cm³/mol. The van der Waals surface area contributed by atoms with Crippen molar-refractivity contribution in [2.45, 2.75) is 65.0 Å². The minimum atomic E-state index is 0.262.